The highest BCUT2D eigenvalue weighted by atomic mass is 16.3. The van der Waals surface area contributed by atoms with Crippen LogP contribution in [-0.2, 0) is 7.05 Å². The minimum Gasteiger partial charge on any atom is -0.455 e. The lowest BCUT2D eigenvalue weighted by Gasteiger charge is -2.12. The van der Waals surface area contributed by atoms with Crippen molar-refractivity contribution in [2.24, 2.45) is 7.05 Å². The number of aryl methyl sites for hydroxylation is 2. The fourth-order valence-corrected chi connectivity index (χ4v) is 7.02. The maximum absolute atomic E-state index is 6.65. The molecule has 0 spiro atoms. The molecule has 1 fully saturated rings. The Hall–Kier alpha value is -4.11. The van der Waals surface area contributed by atoms with Crippen LogP contribution in [0.2, 0.25) is 0 Å². The highest BCUT2D eigenvalue weighted by molar-refractivity contribution is 6.19. The van der Waals surface area contributed by atoms with Crippen molar-refractivity contribution in [2.45, 2.75) is 45.4 Å². The third-order valence-corrected chi connectivity index (χ3v) is 9.03. The van der Waals surface area contributed by atoms with E-state index in [2.05, 4.69) is 92.3 Å². The Morgan fingerprint density at radius 1 is 0.711 bits per heavy atom. The molecule has 1 aliphatic rings. The molecular weight excluding hydrogens is 466 g/mol. The van der Waals surface area contributed by atoms with Crippen LogP contribution in [0.25, 0.3) is 65.9 Å². The first-order chi connectivity index (χ1) is 18.6. The van der Waals surface area contributed by atoms with E-state index in [0.29, 0.717) is 5.92 Å². The predicted octanol–water partition coefficient (Wildman–Crippen LogP) is 9.40. The van der Waals surface area contributed by atoms with Crippen LogP contribution in [-0.4, -0.2) is 0 Å². The van der Waals surface area contributed by atoms with Gasteiger partial charge in [-0.1, -0.05) is 43.2 Å². The zero-order chi connectivity index (χ0) is 25.5. The van der Waals surface area contributed by atoms with Crippen LogP contribution in [0, 0.1) is 13.8 Å². The third kappa shape index (κ3) is 2.93. The van der Waals surface area contributed by atoms with Gasteiger partial charge in [0.15, 0.2) is 6.20 Å². The van der Waals surface area contributed by atoms with Crippen molar-refractivity contribution in [1.82, 2.24) is 0 Å². The molecule has 4 aromatic carbocycles. The van der Waals surface area contributed by atoms with Gasteiger partial charge in [-0.2, -0.15) is 0 Å². The molecule has 0 bridgehead atoms. The quantitative estimate of drug-likeness (QED) is 0.223. The molecule has 3 nitrogen and oxygen atoms in total. The van der Waals surface area contributed by atoms with Gasteiger partial charge in [-0.25, -0.2) is 4.57 Å². The van der Waals surface area contributed by atoms with Gasteiger partial charge in [0, 0.05) is 33.0 Å². The number of hydrogen-bond donors (Lipinski definition) is 0. The Morgan fingerprint density at radius 3 is 2.34 bits per heavy atom. The van der Waals surface area contributed by atoms with Gasteiger partial charge in [-0.15, -0.1) is 0 Å². The predicted molar refractivity (Wildman–Crippen MR) is 156 cm³/mol. The molecule has 186 valence electrons. The molecule has 1 aliphatic carbocycles. The number of benzene rings is 4. The molecule has 0 saturated heterocycles. The fourth-order valence-electron chi connectivity index (χ4n) is 7.02. The number of nitrogens with zero attached hydrogens (tertiary/aromatic N) is 1. The van der Waals surface area contributed by atoms with Crippen molar-refractivity contribution >= 4 is 54.6 Å². The summed E-state index contributed by atoms with van der Waals surface area (Å²) < 4.78 is 15.4. The molecule has 3 aromatic heterocycles. The SMILES string of the molecule is Cc1cc2c(oc3ccccc32)c(-c2c3ccc4c(oc5cccc(C6CCCC6)c54)c3cc[n+]2C)c1C. The second-order valence-corrected chi connectivity index (χ2v) is 11.2. The van der Waals surface area contributed by atoms with E-state index in [-0.39, 0.29) is 0 Å². The standard InChI is InChI=1S/C35H30NO2/c1-20-19-28-24-11-6-7-13-29(24)37-35(28)31(21(20)2)33-25-15-16-27-32-23(22-9-4-5-10-22)12-8-14-30(32)38-34(27)26(25)17-18-36(33)3/h6-8,11-19,22H,4-5,9-10H2,1-3H3/q+1. The van der Waals surface area contributed by atoms with Crippen molar-refractivity contribution in [3.8, 4) is 11.3 Å². The van der Waals surface area contributed by atoms with E-state index in [1.807, 2.05) is 6.07 Å². The Labute approximate surface area is 221 Å². The zero-order valence-electron chi connectivity index (χ0n) is 22.1. The second-order valence-electron chi connectivity index (χ2n) is 11.2. The largest absolute Gasteiger partial charge is 0.455 e. The maximum atomic E-state index is 6.65. The van der Waals surface area contributed by atoms with Crippen molar-refractivity contribution in [2.75, 3.05) is 0 Å². The van der Waals surface area contributed by atoms with Crippen LogP contribution in [0.3, 0.4) is 0 Å². The molecule has 38 heavy (non-hydrogen) atoms. The summed E-state index contributed by atoms with van der Waals surface area (Å²) in [6, 6.07) is 24.0. The first kappa shape index (κ1) is 21.9. The van der Waals surface area contributed by atoms with E-state index >= 15 is 0 Å². The number of fused-ring (bicyclic) bond motifs is 8. The average Bonchev–Trinajstić information content (AvgIpc) is 3.67. The summed E-state index contributed by atoms with van der Waals surface area (Å²) in [5.74, 6) is 0.635. The van der Waals surface area contributed by atoms with Crippen molar-refractivity contribution in [3.63, 3.8) is 0 Å². The Balaban J connectivity index is 1.47. The zero-order valence-corrected chi connectivity index (χ0v) is 22.1. The van der Waals surface area contributed by atoms with Crippen LogP contribution < -0.4 is 4.57 Å². The Morgan fingerprint density at radius 2 is 1.47 bits per heavy atom. The lowest BCUT2D eigenvalue weighted by atomic mass is 9.91. The lowest BCUT2D eigenvalue weighted by molar-refractivity contribution is -0.659. The molecule has 0 aliphatic heterocycles. The smallest absolute Gasteiger partial charge is 0.224 e. The summed E-state index contributed by atoms with van der Waals surface area (Å²) in [6.07, 6.45) is 7.37. The average molecular weight is 497 g/mol. The first-order valence-corrected chi connectivity index (χ1v) is 13.8. The fraction of sp³-hybridized carbons (Fsp3) is 0.229. The number of para-hydroxylation sites is 1. The summed E-state index contributed by atoms with van der Waals surface area (Å²) in [6.45, 7) is 4.41. The highest BCUT2D eigenvalue weighted by Gasteiger charge is 2.27. The monoisotopic (exact) mass is 496 g/mol. The number of furan rings is 2. The third-order valence-electron chi connectivity index (χ3n) is 9.03. The van der Waals surface area contributed by atoms with Crippen molar-refractivity contribution in [3.05, 3.63) is 89.6 Å². The molecule has 8 rings (SSSR count). The molecule has 0 radical (unpaired) electrons. The van der Waals surface area contributed by atoms with E-state index in [4.69, 9.17) is 8.83 Å². The molecule has 3 heterocycles. The summed E-state index contributed by atoms with van der Waals surface area (Å²) in [7, 11) is 2.13. The van der Waals surface area contributed by atoms with E-state index in [9.17, 15) is 0 Å². The molecule has 7 aromatic rings. The topological polar surface area (TPSA) is 30.2 Å². The summed E-state index contributed by atoms with van der Waals surface area (Å²) in [5.41, 5.74) is 10.1. The molecule has 0 amide bonds. The number of hydrogen-bond acceptors (Lipinski definition) is 2. The summed E-state index contributed by atoms with van der Waals surface area (Å²) in [4.78, 5) is 0. The minimum atomic E-state index is 0.635. The van der Waals surface area contributed by atoms with Gasteiger partial charge in [-0.3, -0.25) is 0 Å². The molecule has 0 atom stereocenters. The van der Waals surface area contributed by atoms with E-state index in [1.165, 1.54) is 63.9 Å². The van der Waals surface area contributed by atoms with Crippen LogP contribution in [0.5, 0.6) is 0 Å². The van der Waals surface area contributed by atoms with E-state index in [1.54, 1.807) is 0 Å². The van der Waals surface area contributed by atoms with E-state index in [0.717, 1.165) is 44.4 Å². The minimum absolute atomic E-state index is 0.635. The highest BCUT2D eigenvalue weighted by Crippen LogP contribution is 2.45. The molecular formula is C35H30NO2+. The summed E-state index contributed by atoms with van der Waals surface area (Å²) in [5, 5.41) is 7.19. The van der Waals surface area contributed by atoms with Gasteiger partial charge in [0.2, 0.25) is 5.69 Å². The lowest BCUT2D eigenvalue weighted by Crippen LogP contribution is -2.30. The molecule has 1 saturated carbocycles. The van der Waals surface area contributed by atoms with Crippen molar-refractivity contribution in [1.29, 1.82) is 0 Å². The van der Waals surface area contributed by atoms with Gasteiger partial charge in [0.05, 0.1) is 10.9 Å². The van der Waals surface area contributed by atoms with Crippen molar-refractivity contribution < 1.29 is 13.4 Å². The molecule has 0 N–H and O–H groups in total. The van der Waals surface area contributed by atoms with Crippen LogP contribution in [0.1, 0.15) is 48.3 Å². The number of aromatic nitrogens is 1. The van der Waals surface area contributed by atoms with Gasteiger partial charge in [-0.05, 0) is 79.6 Å². The Bertz CT molecular complexity index is 2070. The normalized spacial score (nSPS) is 14.7. The first-order valence-electron chi connectivity index (χ1n) is 13.8. The van der Waals surface area contributed by atoms with Crippen LogP contribution >= 0.6 is 0 Å². The van der Waals surface area contributed by atoms with Gasteiger partial charge in [0.25, 0.3) is 0 Å². The van der Waals surface area contributed by atoms with Gasteiger partial charge >= 0.3 is 0 Å². The Kier molecular flexibility index (Phi) is 4.58. The van der Waals surface area contributed by atoms with Gasteiger partial charge < -0.3 is 8.83 Å². The van der Waals surface area contributed by atoms with Gasteiger partial charge in [0.1, 0.15) is 29.4 Å². The summed E-state index contributed by atoms with van der Waals surface area (Å²) >= 11 is 0. The maximum Gasteiger partial charge on any atom is 0.224 e. The van der Waals surface area contributed by atoms with Crippen LogP contribution in [0.15, 0.2) is 81.8 Å². The number of rotatable bonds is 2. The molecule has 0 unspecified atom stereocenters. The second kappa shape index (κ2) is 7.94. The van der Waals surface area contributed by atoms with E-state index < -0.39 is 0 Å². The molecule has 3 heteroatoms. The number of pyridine rings is 1. The van der Waals surface area contributed by atoms with Crippen LogP contribution in [0.4, 0.5) is 0 Å².